The molecule has 1 aliphatic heterocycles. The number of anilines is 1. The molecule has 2 aliphatic rings. The van der Waals surface area contributed by atoms with E-state index in [4.69, 9.17) is 5.73 Å². The lowest BCUT2D eigenvalue weighted by Gasteiger charge is -2.12. The number of rotatable bonds is 4. The predicted octanol–water partition coefficient (Wildman–Crippen LogP) is 3.74. The Labute approximate surface area is 140 Å². The highest BCUT2D eigenvalue weighted by molar-refractivity contribution is 7.13. The molecule has 0 bridgehead atoms. The van der Waals surface area contributed by atoms with Gasteiger partial charge in [-0.05, 0) is 73.3 Å². The Morgan fingerprint density at radius 1 is 1.30 bits per heavy atom. The van der Waals surface area contributed by atoms with E-state index < -0.39 is 0 Å². The summed E-state index contributed by atoms with van der Waals surface area (Å²) < 4.78 is 0. The van der Waals surface area contributed by atoms with Gasteiger partial charge in [-0.1, -0.05) is 0 Å². The summed E-state index contributed by atoms with van der Waals surface area (Å²) in [5.74, 6) is 0.874. The van der Waals surface area contributed by atoms with E-state index in [1.54, 1.807) is 11.3 Å². The molecular formula is C18H20N4S. The number of thiophene rings is 1. The number of nitriles is 1. The molecule has 23 heavy (non-hydrogen) atoms. The normalized spacial score (nSPS) is 18.2. The number of nitrogen functional groups attached to an aromatic ring is 1. The van der Waals surface area contributed by atoms with Crippen molar-refractivity contribution in [3.63, 3.8) is 0 Å². The van der Waals surface area contributed by atoms with Crippen LogP contribution in [-0.4, -0.2) is 23.0 Å². The molecule has 0 aromatic carbocycles. The molecule has 5 heteroatoms. The molecule has 0 amide bonds. The van der Waals surface area contributed by atoms with Crippen molar-refractivity contribution in [3.05, 3.63) is 34.2 Å². The summed E-state index contributed by atoms with van der Waals surface area (Å²) in [5.41, 5.74) is 9.97. The summed E-state index contributed by atoms with van der Waals surface area (Å²) in [6.45, 7) is 3.44. The quantitative estimate of drug-likeness (QED) is 0.930. The van der Waals surface area contributed by atoms with E-state index in [1.807, 2.05) is 0 Å². The van der Waals surface area contributed by atoms with Gasteiger partial charge in [0.25, 0.3) is 0 Å². The average molecular weight is 324 g/mol. The van der Waals surface area contributed by atoms with Crippen molar-refractivity contribution in [2.75, 3.05) is 18.8 Å². The summed E-state index contributed by atoms with van der Waals surface area (Å²) in [6, 6.07) is 6.54. The van der Waals surface area contributed by atoms with E-state index in [9.17, 15) is 5.26 Å². The summed E-state index contributed by atoms with van der Waals surface area (Å²) in [7, 11) is 0. The molecule has 4 rings (SSSR count). The molecule has 2 fully saturated rings. The van der Waals surface area contributed by atoms with Crippen LogP contribution >= 0.6 is 11.3 Å². The smallest absolute Gasteiger partial charge is 0.142 e. The first-order valence-electron chi connectivity index (χ1n) is 8.25. The molecule has 3 heterocycles. The van der Waals surface area contributed by atoms with Gasteiger partial charge in [0.1, 0.15) is 11.9 Å². The number of aromatic nitrogens is 1. The molecule has 0 atom stereocenters. The molecule has 0 unspecified atom stereocenters. The highest BCUT2D eigenvalue weighted by Gasteiger charge is 2.28. The highest BCUT2D eigenvalue weighted by atomic mass is 32.1. The zero-order valence-electron chi connectivity index (χ0n) is 13.1. The minimum atomic E-state index is 0.376. The standard InChI is InChI=1S/C18H20N4S/c19-9-15-14(13-3-4-13)8-16(21-18(15)20)17-7-12(11-23-17)10-22-5-1-2-6-22/h7-8,11,13H,1-6,10H2,(H2,20,21). The first-order valence-corrected chi connectivity index (χ1v) is 9.13. The zero-order chi connectivity index (χ0) is 15.8. The van der Waals surface area contributed by atoms with E-state index in [0.29, 0.717) is 17.3 Å². The van der Waals surface area contributed by atoms with Gasteiger partial charge in [-0.3, -0.25) is 4.90 Å². The van der Waals surface area contributed by atoms with Crippen LogP contribution in [0.3, 0.4) is 0 Å². The van der Waals surface area contributed by atoms with Crippen molar-refractivity contribution in [1.29, 1.82) is 5.26 Å². The van der Waals surface area contributed by atoms with Crippen LogP contribution in [-0.2, 0) is 6.54 Å². The van der Waals surface area contributed by atoms with Crippen LogP contribution in [0.5, 0.6) is 0 Å². The Balaban J connectivity index is 1.62. The molecule has 2 aromatic heterocycles. The largest absolute Gasteiger partial charge is 0.383 e. The van der Waals surface area contributed by atoms with Crippen molar-refractivity contribution in [3.8, 4) is 16.6 Å². The lowest BCUT2D eigenvalue weighted by molar-refractivity contribution is 0.332. The third-order valence-electron chi connectivity index (χ3n) is 4.72. The third-order valence-corrected chi connectivity index (χ3v) is 5.72. The van der Waals surface area contributed by atoms with Crippen molar-refractivity contribution in [1.82, 2.24) is 9.88 Å². The lowest BCUT2D eigenvalue weighted by atomic mass is 10.0. The van der Waals surface area contributed by atoms with Gasteiger partial charge >= 0.3 is 0 Å². The van der Waals surface area contributed by atoms with Crippen LogP contribution in [0, 0.1) is 11.3 Å². The van der Waals surface area contributed by atoms with Crippen LogP contribution in [0.4, 0.5) is 5.82 Å². The van der Waals surface area contributed by atoms with E-state index >= 15 is 0 Å². The molecule has 2 aromatic rings. The fourth-order valence-corrected chi connectivity index (χ4v) is 4.21. The van der Waals surface area contributed by atoms with Gasteiger partial charge in [-0.25, -0.2) is 4.98 Å². The Morgan fingerprint density at radius 2 is 2.09 bits per heavy atom. The lowest BCUT2D eigenvalue weighted by Crippen LogP contribution is -2.17. The second-order valence-corrected chi connectivity index (χ2v) is 7.46. The fraction of sp³-hybridized carbons (Fsp3) is 0.444. The van der Waals surface area contributed by atoms with Gasteiger partial charge in [0.2, 0.25) is 0 Å². The number of hydrogen-bond donors (Lipinski definition) is 1. The Morgan fingerprint density at radius 3 is 2.78 bits per heavy atom. The Hall–Kier alpha value is -1.90. The second kappa shape index (κ2) is 5.95. The van der Waals surface area contributed by atoms with Crippen LogP contribution in [0.25, 0.3) is 10.6 Å². The van der Waals surface area contributed by atoms with Gasteiger partial charge < -0.3 is 5.73 Å². The van der Waals surface area contributed by atoms with Gasteiger partial charge in [-0.2, -0.15) is 5.26 Å². The SMILES string of the molecule is N#Cc1c(C2CC2)cc(-c2cc(CN3CCCC3)cs2)nc1N. The zero-order valence-corrected chi connectivity index (χ0v) is 13.9. The number of pyridine rings is 1. The van der Waals surface area contributed by atoms with Crippen molar-refractivity contribution in [2.45, 2.75) is 38.1 Å². The third kappa shape index (κ3) is 2.97. The maximum absolute atomic E-state index is 9.33. The van der Waals surface area contributed by atoms with E-state index in [-0.39, 0.29) is 0 Å². The minimum absolute atomic E-state index is 0.376. The molecule has 0 radical (unpaired) electrons. The molecule has 1 aliphatic carbocycles. The van der Waals surface area contributed by atoms with E-state index in [0.717, 1.165) is 35.5 Å². The molecule has 118 valence electrons. The first kappa shape index (κ1) is 14.7. The molecular weight excluding hydrogens is 304 g/mol. The average Bonchev–Trinajstić information content (AvgIpc) is 3.07. The maximum Gasteiger partial charge on any atom is 0.142 e. The molecule has 0 spiro atoms. The van der Waals surface area contributed by atoms with Crippen LogP contribution in [0.15, 0.2) is 17.5 Å². The Bertz CT molecular complexity index is 764. The monoisotopic (exact) mass is 324 g/mol. The summed E-state index contributed by atoms with van der Waals surface area (Å²) >= 11 is 1.72. The minimum Gasteiger partial charge on any atom is -0.383 e. The van der Waals surface area contributed by atoms with Gasteiger partial charge in [0.05, 0.1) is 16.1 Å². The fourth-order valence-electron chi connectivity index (χ4n) is 3.34. The number of likely N-dealkylation sites (tertiary alicyclic amines) is 1. The topological polar surface area (TPSA) is 65.9 Å². The molecule has 4 nitrogen and oxygen atoms in total. The molecule has 1 saturated carbocycles. The number of nitrogens with zero attached hydrogens (tertiary/aromatic N) is 3. The van der Waals surface area contributed by atoms with Crippen molar-refractivity contribution < 1.29 is 0 Å². The number of nitrogens with two attached hydrogens (primary N) is 1. The van der Waals surface area contributed by atoms with E-state index in [2.05, 4.69) is 33.5 Å². The van der Waals surface area contributed by atoms with Crippen molar-refractivity contribution in [2.24, 2.45) is 0 Å². The predicted molar refractivity (Wildman–Crippen MR) is 93.2 cm³/mol. The Kier molecular flexibility index (Phi) is 3.80. The number of hydrogen-bond acceptors (Lipinski definition) is 5. The summed E-state index contributed by atoms with van der Waals surface area (Å²) in [6.07, 6.45) is 4.94. The van der Waals surface area contributed by atoms with Crippen LogP contribution < -0.4 is 5.73 Å². The van der Waals surface area contributed by atoms with Gasteiger partial charge in [0, 0.05) is 6.54 Å². The molecule has 1 saturated heterocycles. The second-order valence-electron chi connectivity index (χ2n) is 6.55. The molecule has 2 N–H and O–H groups in total. The van der Waals surface area contributed by atoms with E-state index in [1.165, 1.54) is 31.5 Å². The van der Waals surface area contributed by atoms with Crippen molar-refractivity contribution >= 4 is 17.2 Å². The van der Waals surface area contributed by atoms with Gasteiger partial charge in [0.15, 0.2) is 0 Å². The first-order chi connectivity index (χ1) is 11.2. The highest BCUT2D eigenvalue weighted by Crippen LogP contribution is 2.44. The van der Waals surface area contributed by atoms with Crippen LogP contribution in [0.2, 0.25) is 0 Å². The van der Waals surface area contributed by atoms with Crippen LogP contribution in [0.1, 0.15) is 48.3 Å². The summed E-state index contributed by atoms with van der Waals surface area (Å²) in [5, 5.41) is 11.6. The summed E-state index contributed by atoms with van der Waals surface area (Å²) in [4.78, 5) is 8.13. The maximum atomic E-state index is 9.33. The van der Waals surface area contributed by atoms with Gasteiger partial charge in [-0.15, -0.1) is 11.3 Å².